The number of hydrogen-bond acceptors (Lipinski definition) is 7. The second kappa shape index (κ2) is 12.1. The van der Waals surface area contributed by atoms with Gasteiger partial charge in [-0.05, 0) is 49.4 Å². The first-order valence-electron chi connectivity index (χ1n) is 11.3. The second-order valence-corrected chi connectivity index (χ2v) is 9.97. The third-order valence-corrected chi connectivity index (χ3v) is 7.02. The van der Waals surface area contributed by atoms with Gasteiger partial charge >= 0.3 is 0 Å². The molecule has 0 bridgehead atoms. The third kappa shape index (κ3) is 6.17. The van der Waals surface area contributed by atoms with E-state index in [9.17, 15) is 14.9 Å². The van der Waals surface area contributed by atoms with Crippen LogP contribution in [0.2, 0.25) is 10.0 Å². The summed E-state index contributed by atoms with van der Waals surface area (Å²) in [5, 5.41) is 20.1. The highest BCUT2D eigenvalue weighted by molar-refractivity contribution is 8.03. The van der Waals surface area contributed by atoms with E-state index < -0.39 is 11.8 Å². The number of halogens is 2. The van der Waals surface area contributed by atoms with Gasteiger partial charge in [0.1, 0.15) is 11.5 Å². The fourth-order valence-corrected chi connectivity index (χ4v) is 5.38. The molecule has 3 aromatic rings. The molecule has 0 spiro atoms. The highest BCUT2D eigenvalue weighted by Crippen LogP contribution is 2.41. The molecule has 1 atom stereocenters. The third-order valence-electron chi connectivity index (χ3n) is 5.57. The zero-order valence-corrected chi connectivity index (χ0v) is 22.6. The van der Waals surface area contributed by atoms with Crippen LogP contribution in [0.15, 0.2) is 87.1 Å². The van der Waals surface area contributed by atoms with Gasteiger partial charge in [-0.3, -0.25) is 9.59 Å². The number of hydrogen-bond donors (Lipinski definition) is 3. The molecule has 11 heteroatoms. The molecule has 0 saturated heterocycles. The Morgan fingerprint density at radius 3 is 2.53 bits per heavy atom. The Labute approximate surface area is 233 Å². The summed E-state index contributed by atoms with van der Waals surface area (Å²) < 4.78 is 11.0. The van der Waals surface area contributed by atoms with Gasteiger partial charge in [0.2, 0.25) is 5.91 Å². The second-order valence-electron chi connectivity index (χ2n) is 8.12. The Balaban J connectivity index is 1.59. The van der Waals surface area contributed by atoms with E-state index in [2.05, 4.69) is 22.0 Å². The minimum atomic E-state index is -0.789. The first kappa shape index (κ1) is 27.2. The van der Waals surface area contributed by atoms with Gasteiger partial charge in [0.05, 0.1) is 53.0 Å². The highest BCUT2D eigenvalue weighted by atomic mass is 35.5. The Hall–Kier alpha value is -3.84. The number of carbonyl (C=O) groups excluding carboxylic acids is 2. The monoisotopic (exact) mass is 568 g/mol. The van der Waals surface area contributed by atoms with Crippen molar-refractivity contribution in [2.45, 2.75) is 12.8 Å². The average Bonchev–Trinajstić information content (AvgIpc) is 3.41. The van der Waals surface area contributed by atoms with Crippen molar-refractivity contribution in [1.29, 1.82) is 5.26 Å². The van der Waals surface area contributed by atoms with E-state index in [-0.39, 0.29) is 17.2 Å². The van der Waals surface area contributed by atoms with Crippen LogP contribution in [0, 0.1) is 11.3 Å². The molecule has 8 nitrogen and oxygen atoms in total. The van der Waals surface area contributed by atoms with Crippen molar-refractivity contribution in [3.8, 4) is 11.8 Å². The number of furan rings is 1. The normalized spacial score (nSPS) is 15.0. The fourth-order valence-electron chi connectivity index (χ4n) is 3.97. The molecule has 2 aromatic carbocycles. The zero-order valence-electron chi connectivity index (χ0n) is 20.3. The highest BCUT2D eigenvalue weighted by Gasteiger charge is 2.36. The maximum atomic E-state index is 13.5. The van der Waals surface area contributed by atoms with Gasteiger partial charge in [-0.2, -0.15) is 5.26 Å². The number of carbonyl (C=O) groups is 2. The van der Waals surface area contributed by atoms with Crippen LogP contribution in [0.1, 0.15) is 18.6 Å². The Morgan fingerprint density at radius 1 is 1.13 bits per heavy atom. The summed E-state index contributed by atoms with van der Waals surface area (Å²) in [5.41, 5.74) is 2.02. The zero-order chi connectivity index (χ0) is 27.2. The van der Waals surface area contributed by atoms with Crippen molar-refractivity contribution < 1.29 is 18.7 Å². The van der Waals surface area contributed by atoms with Crippen LogP contribution in [0.3, 0.4) is 0 Å². The summed E-state index contributed by atoms with van der Waals surface area (Å²) in [7, 11) is 1.51. The number of dihydropyridines is 1. The lowest BCUT2D eigenvalue weighted by atomic mass is 9.85. The molecule has 1 unspecified atom stereocenters. The summed E-state index contributed by atoms with van der Waals surface area (Å²) in [6.45, 7) is 1.73. The van der Waals surface area contributed by atoms with E-state index in [1.54, 1.807) is 61.5 Å². The Kier molecular flexibility index (Phi) is 8.69. The number of nitrogens with zero attached hydrogens (tertiary/aromatic N) is 1. The van der Waals surface area contributed by atoms with E-state index in [0.29, 0.717) is 49.2 Å². The average molecular weight is 569 g/mol. The molecule has 1 aliphatic heterocycles. The number of anilines is 2. The summed E-state index contributed by atoms with van der Waals surface area (Å²) >= 11 is 13.2. The lowest BCUT2D eigenvalue weighted by Crippen LogP contribution is -2.31. The van der Waals surface area contributed by atoms with Gasteiger partial charge in [-0.25, -0.2) is 0 Å². The number of nitrogens with one attached hydrogen (secondary N) is 3. The summed E-state index contributed by atoms with van der Waals surface area (Å²) in [6.07, 6.45) is 1.48. The Morgan fingerprint density at radius 2 is 1.87 bits per heavy atom. The number of para-hydroxylation sites is 2. The predicted molar refractivity (Wildman–Crippen MR) is 149 cm³/mol. The van der Waals surface area contributed by atoms with E-state index in [4.69, 9.17) is 32.4 Å². The number of amides is 2. The molecular weight excluding hydrogens is 547 g/mol. The number of rotatable bonds is 8. The lowest BCUT2D eigenvalue weighted by molar-refractivity contribution is -0.114. The fraction of sp³-hybridized carbons (Fsp3) is 0.148. The number of thioether (sulfide) groups is 1. The molecule has 194 valence electrons. The molecular formula is C27H22Cl2N4O4S. The van der Waals surface area contributed by atoms with Gasteiger partial charge in [0, 0.05) is 21.4 Å². The van der Waals surface area contributed by atoms with Crippen molar-refractivity contribution in [2.24, 2.45) is 0 Å². The minimum absolute atomic E-state index is 0.0153. The topological polar surface area (TPSA) is 116 Å². The van der Waals surface area contributed by atoms with E-state index >= 15 is 0 Å². The molecule has 4 rings (SSSR count). The standard InChI is InChI=1S/C27H22Cl2N4O4S/c1-15-24(26(35)33-20-6-3-4-7-21(20)36-2)25(22-8-5-9-37-22)19(13-30)27(31-15)38-14-23(34)32-18-11-16(28)10-17(29)12-18/h3-12,25,31H,14H2,1-2H3,(H,32,34)(H,33,35). The molecule has 0 saturated carbocycles. The SMILES string of the molecule is COc1ccccc1NC(=O)C1=C(C)NC(SCC(=O)Nc2cc(Cl)cc(Cl)c2)=C(C#N)C1c1ccco1. The van der Waals surface area contributed by atoms with E-state index in [1.165, 1.54) is 13.4 Å². The molecule has 0 radical (unpaired) electrons. The van der Waals surface area contributed by atoms with Crippen LogP contribution in [-0.4, -0.2) is 24.7 Å². The van der Waals surface area contributed by atoms with Gasteiger partial charge < -0.3 is 25.1 Å². The maximum Gasteiger partial charge on any atom is 0.254 e. The number of nitriles is 1. The molecule has 2 heterocycles. The lowest BCUT2D eigenvalue weighted by Gasteiger charge is -2.28. The Bertz CT molecular complexity index is 1460. The van der Waals surface area contributed by atoms with Crippen molar-refractivity contribution in [3.05, 3.63) is 98.5 Å². The first-order valence-corrected chi connectivity index (χ1v) is 13.0. The molecule has 38 heavy (non-hydrogen) atoms. The predicted octanol–water partition coefficient (Wildman–Crippen LogP) is 6.30. The molecule has 3 N–H and O–H groups in total. The van der Waals surface area contributed by atoms with Crippen LogP contribution >= 0.6 is 35.0 Å². The van der Waals surface area contributed by atoms with Crippen molar-refractivity contribution >= 4 is 58.2 Å². The minimum Gasteiger partial charge on any atom is -0.495 e. The van der Waals surface area contributed by atoms with Gasteiger partial charge in [-0.15, -0.1) is 0 Å². The number of benzene rings is 2. The van der Waals surface area contributed by atoms with Crippen LogP contribution in [-0.2, 0) is 9.59 Å². The smallest absolute Gasteiger partial charge is 0.254 e. The summed E-state index contributed by atoms with van der Waals surface area (Å²) in [4.78, 5) is 26.2. The number of allylic oxidation sites excluding steroid dienone is 2. The van der Waals surface area contributed by atoms with E-state index in [1.807, 2.05) is 0 Å². The van der Waals surface area contributed by atoms with Crippen LogP contribution in [0.4, 0.5) is 11.4 Å². The maximum absolute atomic E-state index is 13.5. The van der Waals surface area contributed by atoms with Crippen molar-refractivity contribution in [1.82, 2.24) is 5.32 Å². The molecule has 1 aromatic heterocycles. The van der Waals surface area contributed by atoms with Gasteiger partial charge in [0.25, 0.3) is 5.91 Å². The van der Waals surface area contributed by atoms with Crippen LogP contribution < -0.4 is 20.7 Å². The quantitative estimate of drug-likeness (QED) is 0.292. The van der Waals surface area contributed by atoms with Crippen LogP contribution in [0.5, 0.6) is 5.75 Å². The molecule has 0 aliphatic carbocycles. The first-order chi connectivity index (χ1) is 18.3. The van der Waals surface area contributed by atoms with Gasteiger partial charge in [0.15, 0.2) is 0 Å². The number of ether oxygens (including phenoxy) is 1. The summed E-state index contributed by atoms with van der Waals surface area (Å²) in [6, 6.07) is 17.4. The van der Waals surface area contributed by atoms with E-state index in [0.717, 1.165) is 11.8 Å². The van der Waals surface area contributed by atoms with Gasteiger partial charge in [-0.1, -0.05) is 47.1 Å². The van der Waals surface area contributed by atoms with Crippen molar-refractivity contribution in [3.63, 3.8) is 0 Å². The molecule has 2 amide bonds. The molecule has 0 fully saturated rings. The molecule has 1 aliphatic rings. The van der Waals surface area contributed by atoms with Crippen LogP contribution in [0.25, 0.3) is 0 Å². The summed E-state index contributed by atoms with van der Waals surface area (Å²) in [5.74, 6) is -0.633. The van der Waals surface area contributed by atoms with Crippen molar-refractivity contribution in [2.75, 3.05) is 23.5 Å². The number of methoxy groups -OCH3 is 1. The largest absolute Gasteiger partial charge is 0.495 e.